The molecule has 0 atom stereocenters. The van der Waals surface area contributed by atoms with Gasteiger partial charge in [0.15, 0.2) is 0 Å². The molecule has 0 radical (unpaired) electrons. The average Bonchev–Trinajstić information content (AvgIpc) is 3.20. The van der Waals surface area contributed by atoms with Crippen molar-refractivity contribution in [1.29, 1.82) is 0 Å². The van der Waals surface area contributed by atoms with Gasteiger partial charge in [0.25, 0.3) is 5.91 Å². The number of nitrogens with one attached hydrogen (secondary N) is 2. The quantitative estimate of drug-likeness (QED) is 0.366. The van der Waals surface area contributed by atoms with Crippen molar-refractivity contribution in [2.45, 2.75) is 13.1 Å². The van der Waals surface area contributed by atoms with Crippen LogP contribution in [0.15, 0.2) is 72.8 Å². The molecular formula is C23H18Cl2FN5O. The second-order valence-electron chi connectivity index (χ2n) is 6.95. The summed E-state index contributed by atoms with van der Waals surface area (Å²) in [4.78, 5) is 17.4. The lowest BCUT2D eigenvalue weighted by atomic mass is 10.2. The molecule has 9 heteroatoms. The summed E-state index contributed by atoms with van der Waals surface area (Å²) in [5.41, 5.74) is 2.13. The van der Waals surface area contributed by atoms with Crippen molar-refractivity contribution in [2.24, 2.45) is 0 Å². The molecule has 0 aliphatic rings. The van der Waals surface area contributed by atoms with Crippen molar-refractivity contribution < 1.29 is 9.18 Å². The molecule has 0 saturated carbocycles. The number of halogens is 3. The number of nitrogens with zero attached hydrogens (tertiary/aromatic N) is 3. The molecule has 4 rings (SSSR count). The van der Waals surface area contributed by atoms with Gasteiger partial charge in [-0.3, -0.25) is 4.79 Å². The summed E-state index contributed by atoms with van der Waals surface area (Å²) in [6.07, 6.45) is 0. The third-order valence-electron chi connectivity index (χ3n) is 4.57. The van der Waals surface area contributed by atoms with E-state index in [0.29, 0.717) is 23.1 Å². The van der Waals surface area contributed by atoms with E-state index in [-0.39, 0.29) is 17.5 Å². The first kappa shape index (κ1) is 21.8. The number of hydrogen-bond donors (Lipinski definition) is 2. The van der Waals surface area contributed by atoms with E-state index >= 15 is 0 Å². The smallest absolute Gasteiger partial charge is 0.281 e. The van der Waals surface area contributed by atoms with Crippen molar-refractivity contribution in [3.05, 3.63) is 105 Å². The number of hydrogen-bond acceptors (Lipinski definition) is 5. The molecule has 1 heterocycles. The van der Waals surface area contributed by atoms with Gasteiger partial charge in [0.2, 0.25) is 11.9 Å². The van der Waals surface area contributed by atoms with Crippen LogP contribution in [0, 0.1) is 5.82 Å². The molecule has 3 aromatic carbocycles. The van der Waals surface area contributed by atoms with E-state index in [9.17, 15) is 9.18 Å². The van der Waals surface area contributed by atoms with Crippen LogP contribution in [0.3, 0.4) is 0 Å². The second kappa shape index (κ2) is 9.80. The molecule has 0 aliphatic carbocycles. The lowest BCUT2D eigenvalue weighted by Gasteiger charge is -2.07. The summed E-state index contributed by atoms with van der Waals surface area (Å²) in [6, 6.07) is 20.0. The van der Waals surface area contributed by atoms with Crippen LogP contribution >= 0.6 is 23.2 Å². The molecular weight excluding hydrogens is 452 g/mol. The molecule has 0 bridgehead atoms. The Morgan fingerprint density at radius 2 is 1.47 bits per heavy atom. The zero-order chi connectivity index (χ0) is 22.5. The maximum atomic E-state index is 13.3. The summed E-state index contributed by atoms with van der Waals surface area (Å²) in [7, 11) is 0. The van der Waals surface area contributed by atoms with Gasteiger partial charge in [0.05, 0.1) is 0 Å². The number of aromatic nitrogens is 3. The molecule has 0 spiro atoms. The minimum absolute atomic E-state index is 0.243. The van der Waals surface area contributed by atoms with E-state index in [2.05, 4.69) is 20.7 Å². The highest BCUT2D eigenvalue weighted by Gasteiger charge is 2.18. The SMILES string of the molecule is O=C(c1ccc(F)cc1)n1nc(NCc2cccc(Cl)c2)nc1NCc1cccc(Cl)c1. The maximum absolute atomic E-state index is 13.3. The van der Waals surface area contributed by atoms with Gasteiger partial charge in [-0.1, -0.05) is 47.5 Å². The van der Waals surface area contributed by atoms with Gasteiger partial charge < -0.3 is 10.6 Å². The van der Waals surface area contributed by atoms with Gasteiger partial charge in [-0.25, -0.2) is 4.39 Å². The van der Waals surface area contributed by atoms with Crippen molar-refractivity contribution >= 4 is 41.0 Å². The predicted molar refractivity (Wildman–Crippen MR) is 124 cm³/mol. The fourth-order valence-electron chi connectivity index (χ4n) is 3.01. The van der Waals surface area contributed by atoms with Crippen LogP contribution in [-0.4, -0.2) is 20.7 Å². The van der Waals surface area contributed by atoms with E-state index in [1.54, 1.807) is 12.1 Å². The molecule has 4 aromatic rings. The zero-order valence-corrected chi connectivity index (χ0v) is 18.2. The van der Waals surface area contributed by atoms with Crippen LogP contribution in [0.25, 0.3) is 0 Å². The first-order valence-electron chi connectivity index (χ1n) is 9.72. The van der Waals surface area contributed by atoms with Crippen LogP contribution in [0.5, 0.6) is 0 Å². The van der Waals surface area contributed by atoms with Gasteiger partial charge in [-0.15, -0.1) is 5.10 Å². The van der Waals surface area contributed by atoms with Crippen LogP contribution in [-0.2, 0) is 13.1 Å². The van der Waals surface area contributed by atoms with Crippen LogP contribution < -0.4 is 10.6 Å². The lowest BCUT2D eigenvalue weighted by Crippen LogP contribution is -2.17. The topological polar surface area (TPSA) is 71.8 Å². The highest BCUT2D eigenvalue weighted by Crippen LogP contribution is 2.17. The molecule has 6 nitrogen and oxygen atoms in total. The average molecular weight is 470 g/mol. The Morgan fingerprint density at radius 1 is 0.875 bits per heavy atom. The molecule has 0 fully saturated rings. The van der Waals surface area contributed by atoms with E-state index in [4.69, 9.17) is 23.2 Å². The molecule has 162 valence electrons. The molecule has 0 saturated heterocycles. The lowest BCUT2D eigenvalue weighted by molar-refractivity contribution is 0.0947. The summed E-state index contributed by atoms with van der Waals surface area (Å²) >= 11 is 12.1. The Labute approximate surface area is 194 Å². The van der Waals surface area contributed by atoms with E-state index < -0.39 is 11.7 Å². The summed E-state index contributed by atoms with van der Waals surface area (Å²) in [5, 5.41) is 11.8. The molecule has 2 N–H and O–H groups in total. The normalized spacial score (nSPS) is 10.7. The Bertz CT molecular complexity index is 1240. The van der Waals surface area contributed by atoms with Gasteiger partial charge >= 0.3 is 0 Å². The zero-order valence-electron chi connectivity index (χ0n) is 16.7. The van der Waals surface area contributed by atoms with Crippen LogP contribution in [0.4, 0.5) is 16.3 Å². The molecule has 1 aromatic heterocycles. The molecule has 0 amide bonds. The van der Waals surface area contributed by atoms with Crippen LogP contribution in [0.2, 0.25) is 10.0 Å². The van der Waals surface area contributed by atoms with Crippen LogP contribution in [0.1, 0.15) is 21.5 Å². The highest BCUT2D eigenvalue weighted by molar-refractivity contribution is 6.30. The number of anilines is 2. The van der Waals surface area contributed by atoms with Crippen molar-refractivity contribution in [1.82, 2.24) is 14.8 Å². The molecule has 32 heavy (non-hydrogen) atoms. The Morgan fingerprint density at radius 3 is 2.06 bits per heavy atom. The van der Waals surface area contributed by atoms with Gasteiger partial charge in [-0.2, -0.15) is 9.67 Å². The van der Waals surface area contributed by atoms with E-state index in [0.717, 1.165) is 15.8 Å². The van der Waals surface area contributed by atoms with Gasteiger partial charge in [0.1, 0.15) is 5.82 Å². The summed E-state index contributed by atoms with van der Waals surface area (Å²) in [5.74, 6) is -0.368. The maximum Gasteiger partial charge on any atom is 0.281 e. The van der Waals surface area contributed by atoms with Crippen molar-refractivity contribution in [2.75, 3.05) is 10.6 Å². The van der Waals surface area contributed by atoms with Gasteiger partial charge in [0, 0.05) is 28.7 Å². The van der Waals surface area contributed by atoms with E-state index in [1.165, 1.54) is 24.3 Å². The minimum atomic E-state index is -0.443. The Balaban J connectivity index is 1.58. The summed E-state index contributed by atoms with van der Waals surface area (Å²) in [6.45, 7) is 0.798. The van der Waals surface area contributed by atoms with Gasteiger partial charge in [-0.05, 0) is 59.7 Å². The number of carbonyl (C=O) groups is 1. The number of rotatable bonds is 7. The monoisotopic (exact) mass is 469 g/mol. The Hall–Kier alpha value is -3.42. The minimum Gasteiger partial charge on any atom is -0.350 e. The molecule has 0 aliphatic heterocycles. The number of carbonyl (C=O) groups excluding carboxylic acids is 1. The third-order valence-corrected chi connectivity index (χ3v) is 5.04. The second-order valence-corrected chi connectivity index (χ2v) is 7.82. The van der Waals surface area contributed by atoms with E-state index in [1.807, 2.05) is 36.4 Å². The first-order chi connectivity index (χ1) is 15.5. The largest absolute Gasteiger partial charge is 0.350 e. The van der Waals surface area contributed by atoms with Crippen molar-refractivity contribution in [3.8, 4) is 0 Å². The summed E-state index contributed by atoms with van der Waals surface area (Å²) < 4.78 is 14.4. The first-order valence-corrected chi connectivity index (χ1v) is 10.5. The predicted octanol–water partition coefficient (Wildman–Crippen LogP) is 5.64. The molecule has 0 unspecified atom stereocenters. The third kappa shape index (κ3) is 5.43. The standard InChI is InChI=1S/C23H18Cl2FN5O/c24-18-5-1-3-15(11-18)13-27-22-29-23(28-14-16-4-2-6-19(25)12-16)31(30-22)21(32)17-7-9-20(26)10-8-17/h1-12H,13-14H2,(H2,27,28,29,30). The Kier molecular flexibility index (Phi) is 6.68. The highest BCUT2D eigenvalue weighted by atomic mass is 35.5. The fourth-order valence-corrected chi connectivity index (χ4v) is 3.44. The fraction of sp³-hybridized carbons (Fsp3) is 0.0870. The number of benzene rings is 3. The van der Waals surface area contributed by atoms with Crippen molar-refractivity contribution in [3.63, 3.8) is 0 Å².